The van der Waals surface area contributed by atoms with Crippen molar-refractivity contribution in [3.8, 4) is 0 Å². The molecule has 0 aromatic rings. The van der Waals surface area contributed by atoms with Gasteiger partial charge < -0.3 is 5.11 Å². The van der Waals surface area contributed by atoms with Crippen molar-refractivity contribution < 1.29 is 18.3 Å². The molecular weight excluding hydrogens is 218 g/mol. The van der Waals surface area contributed by atoms with Crippen LogP contribution in [-0.2, 0) is 14.8 Å². The fraction of sp³-hybridized carbons (Fsp3) is 0.889. The van der Waals surface area contributed by atoms with E-state index in [2.05, 4.69) is 4.72 Å². The molecule has 2 N–H and O–H groups in total. The normalized spacial score (nSPS) is 14.1. The molecule has 0 radical (unpaired) electrons. The average Bonchev–Trinajstić information content (AvgIpc) is 2.11. The largest absolute Gasteiger partial charge is 0.480 e. The summed E-state index contributed by atoms with van der Waals surface area (Å²) in [5.41, 5.74) is 0. The first kappa shape index (κ1) is 14.4. The lowest BCUT2D eigenvalue weighted by molar-refractivity contribution is -0.139. The van der Waals surface area contributed by atoms with Crippen molar-refractivity contribution in [1.82, 2.24) is 4.72 Å². The molecule has 0 aliphatic carbocycles. The second-order valence-corrected chi connectivity index (χ2v) is 5.79. The summed E-state index contributed by atoms with van der Waals surface area (Å²) in [5.74, 6) is -0.869. The minimum Gasteiger partial charge on any atom is -0.480 e. The maximum atomic E-state index is 11.4. The van der Waals surface area contributed by atoms with Crippen LogP contribution in [0, 0.1) is 5.92 Å². The highest BCUT2D eigenvalue weighted by atomic mass is 32.2. The molecule has 6 heteroatoms. The maximum absolute atomic E-state index is 11.4. The number of aliphatic carboxylic acids is 1. The smallest absolute Gasteiger partial charge is 0.321 e. The summed E-state index contributed by atoms with van der Waals surface area (Å²) in [4.78, 5) is 10.6. The molecule has 0 saturated heterocycles. The van der Waals surface area contributed by atoms with Crippen LogP contribution in [-0.4, -0.2) is 31.3 Å². The third-order valence-electron chi connectivity index (χ3n) is 1.99. The summed E-state index contributed by atoms with van der Waals surface area (Å²) >= 11 is 0. The van der Waals surface area contributed by atoms with Crippen molar-refractivity contribution in [3.05, 3.63) is 0 Å². The number of hydrogen-bond acceptors (Lipinski definition) is 3. The van der Waals surface area contributed by atoms with Crippen LogP contribution in [0.2, 0.25) is 0 Å². The van der Waals surface area contributed by atoms with Gasteiger partial charge in [0.15, 0.2) is 0 Å². The number of hydrogen-bond donors (Lipinski definition) is 2. The first-order chi connectivity index (χ1) is 6.78. The van der Waals surface area contributed by atoms with Crippen molar-refractivity contribution in [2.24, 2.45) is 5.92 Å². The molecule has 0 fully saturated rings. The monoisotopic (exact) mass is 237 g/mol. The Morgan fingerprint density at radius 3 is 2.27 bits per heavy atom. The van der Waals surface area contributed by atoms with Crippen LogP contribution in [0.1, 0.15) is 33.6 Å². The Hall–Kier alpha value is -0.620. The van der Waals surface area contributed by atoms with Crippen LogP contribution in [0.15, 0.2) is 0 Å². The number of rotatable bonds is 7. The maximum Gasteiger partial charge on any atom is 0.321 e. The predicted octanol–water partition coefficient (Wildman–Crippen LogP) is 0.815. The minimum absolute atomic E-state index is 0.0194. The van der Waals surface area contributed by atoms with Gasteiger partial charge in [0.25, 0.3) is 0 Å². The summed E-state index contributed by atoms with van der Waals surface area (Å²) in [6.07, 6.45) is 0.779. The van der Waals surface area contributed by atoms with Crippen molar-refractivity contribution >= 4 is 16.0 Å². The van der Waals surface area contributed by atoms with Crippen LogP contribution in [0.3, 0.4) is 0 Å². The van der Waals surface area contributed by atoms with E-state index in [1.807, 2.05) is 13.8 Å². The Morgan fingerprint density at radius 2 is 1.93 bits per heavy atom. The Bertz CT molecular complexity index is 297. The van der Waals surface area contributed by atoms with Crippen LogP contribution >= 0.6 is 0 Å². The SMILES string of the molecule is CC[C@H](NS(=O)(=O)CCC(C)C)C(=O)O. The summed E-state index contributed by atoms with van der Waals surface area (Å²) in [6, 6.07) is -1.01. The van der Waals surface area contributed by atoms with E-state index in [9.17, 15) is 13.2 Å². The van der Waals surface area contributed by atoms with Gasteiger partial charge in [-0.1, -0.05) is 20.8 Å². The molecule has 0 aromatic carbocycles. The zero-order valence-corrected chi connectivity index (χ0v) is 10.2. The molecule has 0 aliphatic rings. The number of carboxylic acids is 1. The van der Waals surface area contributed by atoms with E-state index in [4.69, 9.17) is 5.11 Å². The van der Waals surface area contributed by atoms with Crippen molar-refractivity contribution in [3.63, 3.8) is 0 Å². The van der Waals surface area contributed by atoms with Gasteiger partial charge in [-0.25, -0.2) is 13.1 Å². The highest BCUT2D eigenvalue weighted by molar-refractivity contribution is 7.89. The molecule has 1 atom stereocenters. The van der Waals surface area contributed by atoms with Crippen LogP contribution in [0.25, 0.3) is 0 Å². The quantitative estimate of drug-likeness (QED) is 0.686. The lowest BCUT2D eigenvalue weighted by atomic mass is 10.2. The second kappa shape index (κ2) is 6.07. The van der Waals surface area contributed by atoms with Gasteiger partial charge >= 0.3 is 5.97 Å². The number of sulfonamides is 1. The third-order valence-corrected chi connectivity index (χ3v) is 3.41. The van der Waals surface area contributed by atoms with Gasteiger partial charge in [-0.3, -0.25) is 4.79 Å². The van der Waals surface area contributed by atoms with Crippen LogP contribution < -0.4 is 4.72 Å². The number of nitrogens with one attached hydrogen (secondary N) is 1. The zero-order valence-electron chi connectivity index (χ0n) is 9.36. The molecule has 0 saturated carbocycles. The molecule has 0 unspecified atom stereocenters. The van der Waals surface area contributed by atoms with Gasteiger partial charge in [0.2, 0.25) is 10.0 Å². The zero-order chi connectivity index (χ0) is 12.1. The topological polar surface area (TPSA) is 83.5 Å². The molecule has 5 nitrogen and oxygen atoms in total. The second-order valence-electron chi connectivity index (χ2n) is 3.92. The molecular formula is C9H19NO4S. The molecule has 0 aromatic heterocycles. The fourth-order valence-corrected chi connectivity index (χ4v) is 2.58. The Morgan fingerprint density at radius 1 is 1.40 bits per heavy atom. The lowest BCUT2D eigenvalue weighted by Crippen LogP contribution is -2.41. The van der Waals surface area contributed by atoms with Crippen molar-refractivity contribution in [2.75, 3.05) is 5.75 Å². The highest BCUT2D eigenvalue weighted by Crippen LogP contribution is 2.03. The summed E-state index contributed by atoms with van der Waals surface area (Å²) < 4.78 is 25.0. The minimum atomic E-state index is -3.46. The van der Waals surface area contributed by atoms with Crippen LogP contribution in [0.4, 0.5) is 0 Å². The van der Waals surface area contributed by atoms with Gasteiger partial charge in [-0.05, 0) is 18.8 Å². The molecule has 0 aliphatic heterocycles. The lowest BCUT2D eigenvalue weighted by Gasteiger charge is -2.13. The van der Waals surface area contributed by atoms with E-state index in [0.717, 1.165) is 0 Å². The number of carboxylic acid groups (broad SMARTS) is 1. The van der Waals surface area contributed by atoms with E-state index in [1.54, 1.807) is 6.92 Å². The first-order valence-corrected chi connectivity index (χ1v) is 6.66. The Labute approximate surface area is 90.9 Å². The first-order valence-electron chi connectivity index (χ1n) is 5.01. The van der Waals surface area contributed by atoms with Gasteiger partial charge in [0, 0.05) is 0 Å². The average molecular weight is 237 g/mol. The molecule has 15 heavy (non-hydrogen) atoms. The summed E-state index contributed by atoms with van der Waals surface area (Å²) in [6.45, 7) is 5.47. The predicted molar refractivity (Wildman–Crippen MR) is 58.1 cm³/mol. The highest BCUT2D eigenvalue weighted by Gasteiger charge is 2.21. The van der Waals surface area contributed by atoms with Gasteiger partial charge in [-0.15, -0.1) is 0 Å². The Kier molecular flexibility index (Phi) is 5.82. The molecule has 0 spiro atoms. The van der Waals surface area contributed by atoms with Crippen molar-refractivity contribution in [1.29, 1.82) is 0 Å². The Balaban J connectivity index is 4.30. The van der Waals surface area contributed by atoms with Crippen molar-refractivity contribution in [2.45, 2.75) is 39.7 Å². The summed E-state index contributed by atoms with van der Waals surface area (Å²) in [7, 11) is -3.46. The molecule has 0 rings (SSSR count). The van der Waals surface area contributed by atoms with E-state index in [-0.39, 0.29) is 18.1 Å². The van der Waals surface area contributed by atoms with E-state index < -0.39 is 22.0 Å². The molecule has 0 bridgehead atoms. The van der Waals surface area contributed by atoms with E-state index >= 15 is 0 Å². The van der Waals surface area contributed by atoms with Gasteiger partial charge in [0.1, 0.15) is 6.04 Å². The number of carbonyl (C=O) groups is 1. The van der Waals surface area contributed by atoms with Gasteiger partial charge in [-0.2, -0.15) is 0 Å². The molecule has 0 heterocycles. The fourth-order valence-electron chi connectivity index (χ4n) is 0.975. The summed E-state index contributed by atoms with van der Waals surface area (Å²) in [5, 5.41) is 8.69. The van der Waals surface area contributed by atoms with Gasteiger partial charge in [0.05, 0.1) is 5.75 Å². The van der Waals surface area contributed by atoms with E-state index in [0.29, 0.717) is 6.42 Å². The van der Waals surface area contributed by atoms with Crippen LogP contribution in [0.5, 0.6) is 0 Å². The third kappa shape index (κ3) is 6.46. The molecule has 0 amide bonds. The standard InChI is InChI=1S/C9H19NO4S/c1-4-8(9(11)12)10-15(13,14)6-5-7(2)3/h7-8,10H,4-6H2,1-3H3,(H,11,12)/t8-/m0/s1. The van der Waals surface area contributed by atoms with E-state index in [1.165, 1.54) is 0 Å². The molecule has 90 valence electrons.